The van der Waals surface area contributed by atoms with Crippen molar-refractivity contribution in [2.24, 2.45) is 5.92 Å². The molecule has 0 aromatic heterocycles. The number of benzene rings is 1. The Hall–Kier alpha value is -0.900. The number of piperazine rings is 1. The second-order valence-corrected chi connectivity index (χ2v) is 6.60. The summed E-state index contributed by atoms with van der Waals surface area (Å²) in [5, 5.41) is 3.53. The Morgan fingerprint density at radius 1 is 1.00 bits per heavy atom. The van der Waals surface area contributed by atoms with Gasteiger partial charge in [-0.15, -0.1) is 0 Å². The molecule has 1 aromatic carbocycles. The van der Waals surface area contributed by atoms with Gasteiger partial charge in [-0.1, -0.05) is 30.3 Å². The van der Waals surface area contributed by atoms with Crippen LogP contribution in [0.15, 0.2) is 30.3 Å². The van der Waals surface area contributed by atoms with Crippen molar-refractivity contribution in [1.82, 2.24) is 15.1 Å². The molecule has 1 aromatic rings. The Kier molecular flexibility index (Phi) is 5.67. The number of nitrogens with one attached hydrogen (secondary N) is 1. The van der Waals surface area contributed by atoms with Crippen LogP contribution in [0.5, 0.6) is 0 Å². The molecule has 2 aliphatic heterocycles. The van der Waals surface area contributed by atoms with E-state index in [2.05, 4.69) is 45.4 Å². The van der Waals surface area contributed by atoms with Gasteiger partial charge < -0.3 is 10.2 Å². The summed E-state index contributed by atoms with van der Waals surface area (Å²) in [7, 11) is 0. The van der Waals surface area contributed by atoms with Crippen LogP contribution in [0, 0.1) is 5.92 Å². The maximum Gasteiger partial charge on any atom is 0.0234 e. The predicted molar refractivity (Wildman–Crippen MR) is 88.4 cm³/mol. The summed E-state index contributed by atoms with van der Waals surface area (Å²) in [4.78, 5) is 5.25. The van der Waals surface area contributed by atoms with Crippen LogP contribution in [0.2, 0.25) is 0 Å². The van der Waals surface area contributed by atoms with E-state index < -0.39 is 0 Å². The van der Waals surface area contributed by atoms with Gasteiger partial charge in [0.1, 0.15) is 0 Å². The van der Waals surface area contributed by atoms with Crippen molar-refractivity contribution in [2.75, 3.05) is 45.8 Å². The average molecular weight is 287 g/mol. The molecule has 116 valence electrons. The lowest BCUT2D eigenvalue weighted by molar-refractivity contribution is 0.120. The summed E-state index contributed by atoms with van der Waals surface area (Å²) >= 11 is 0. The Balaban J connectivity index is 1.35. The first-order valence-corrected chi connectivity index (χ1v) is 8.59. The normalized spacial score (nSPS) is 25.0. The number of hydrogen-bond acceptors (Lipinski definition) is 3. The number of nitrogens with zero attached hydrogens (tertiary/aromatic N) is 2. The zero-order valence-electron chi connectivity index (χ0n) is 13.1. The topological polar surface area (TPSA) is 18.5 Å². The molecule has 0 radical (unpaired) electrons. The molecular weight excluding hydrogens is 258 g/mol. The van der Waals surface area contributed by atoms with Gasteiger partial charge in [0.2, 0.25) is 0 Å². The zero-order valence-corrected chi connectivity index (χ0v) is 13.1. The van der Waals surface area contributed by atoms with Gasteiger partial charge in [-0.05, 0) is 50.4 Å². The van der Waals surface area contributed by atoms with Crippen molar-refractivity contribution >= 4 is 0 Å². The van der Waals surface area contributed by atoms with E-state index in [1.807, 2.05) is 0 Å². The maximum absolute atomic E-state index is 3.53. The monoisotopic (exact) mass is 287 g/mol. The van der Waals surface area contributed by atoms with Crippen LogP contribution in [0.4, 0.5) is 0 Å². The van der Waals surface area contributed by atoms with Gasteiger partial charge >= 0.3 is 0 Å². The van der Waals surface area contributed by atoms with E-state index in [-0.39, 0.29) is 0 Å². The van der Waals surface area contributed by atoms with E-state index >= 15 is 0 Å². The van der Waals surface area contributed by atoms with Crippen LogP contribution >= 0.6 is 0 Å². The van der Waals surface area contributed by atoms with Gasteiger partial charge in [-0.2, -0.15) is 0 Å². The summed E-state index contributed by atoms with van der Waals surface area (Å²) in [6.45, 7) is 9.81. The first-order chi connectivity index (χ1) is 10.4. The molecule has 1 atom stereocenters. The third kappa shape index (κ3) is 4.80. The van der Waals surface area contributed by atoms with E-state index in [0.717, 1.165) is 12.5 Å². The first-order valence-electron chi connectivity index (χ1n) is 8.59. The van der Waals surface area contributed by atoms with Crippen molar-refractivity contribution < 1.29 is 0 Å². The first kappa shape index (κ1) is 15.0. The molecular formula is C18H29N3. The number of rotatable bonds is 5. The average Bonchev–Trinajstić information content (AvgIpc) is 2.56. The molecule has 0 aliphatic carbocycles. The Bertz CT molecular complexity index is 392. The van der Waals surface area contributed by atoms with Gasteiger partial charge in [0.05, 0.1) is 0 Å². The van der Waals surface area contributed by atoms with Crippen molar-refractivity contribution in [3.05, 3.63) is 35.9 Å². The van der Waals surface area contributed by atoms with Crippen molar-refractivity contribution in [3.63, 3.8) is 0 Å². The molecule has 21 heavy (non-hydrogen) atoms. The Morgan fingerprint density at radius 3 is 2.48 bits per heavy atom. The van der Waals surface area contributed by atoms with E-state index in [4.69, 9.17) is 0 Å². The quantitative estimate of drug-likeness (QED) is 0.895. The lowest BCUT2D eigenvalue weighted by Gasteiger charge is -2.35. The predicted octanol–water partition coefficient (Wildman–Crippen LogP) is 2.19. The van der Waals surface area contributed by atoms with E-state index in [0.29, 0.717) is 0 Å². The minimum Gasteiger partial charge on any atom is -0.316 e. The second kappa shape index (κ2) is 7.92. The Labute approximate surface area is 129 Å². The van der Waals surface area contributed by atoms with Gasteiger partial charge in [-0.3, -0.25) is 4.90 Å². The summed E-state index contributed by atoms with van der Waals surface area (Å²) in [6.07, 6.45) is 4.18. The molecule has 0 bridgehead atoms. The smallest absolute Gasteiger partial charge is 0.0234 e. The van der Waals surface area contributed by atoms with Crippen molar-refractivity contribution in [2.45, 2.75) is 25.8 Å². The highest BCUT2D eigenvalue weighted by Crippen LogP contribution is 2.15. The maximum atomic E-state index is 3.53. The molecule has 3 nitrogen and oxygen atoms in total. The molecule has 1 unspecified atom stereocenters. The molecule has 0 spiro atoms. The molecule has 2 fully saturated rings. The largest absolute Gasteiger partial charge is 0.316 e. The lowest BCUT2D eigenvalue weighted by atomic mass is 9.96. The van der Waals surface area contributed by atoms with Crippen LogP contribution in [0.1, 0.15) is 24.8 Å². The van der Waals surface area contributed by atoms with E-state index in [1.54, 1.807) is 0 Å². The number of piperidine rings is 1. The van der Waals surface area contributed by atoms with Gasteiger partial charge in [0.15, 0.2) is 0 Å². The highest BCUT2D eigenvalue weighted by Gasteiger charge is 2.19. The summed E-state index contributed by atoms with van der Waals surface area (Å²) < 4.78 is 0. The summed E-state index contributed by atoms with van der Waals surface area (Å²) in [5.41, 5.74) is 1.44. The van der Waals surface area contributed by atoms with Crippen LogP contribution in [-0.4, -0.2) is 55.6 Å². The van der Waals surface area contributed by atoms with Gasteiger partial charge in [0, 0.05) is 32.7 Å². The Morgan fingerprint density at radius 2 is 1.76 bits per heavy atom. The number of hydrogen-bond donors (Lipinski definition) is 1. The van der Waals surface area contributed by atoms with E-state index in [9.17, 15) is 0 Å². The SMILES string of the molecule is c1ccc(CN2CCN(CCC3CCCNC3)CC2)cc1. The molecule has 0 saturated carbocycles. The van der Waals surface area contributed by atoms with Crippen molar-refractivity contribution in [1.29, 1.82) is 0 Å². The third-order valence-corrected chi connectivity index (χ3v) is 4.97. The molecule has 1 N–H and O–H groups in total. The third-order valence-electron chi connectivity index (χ3n) is 4.97. The highest BCUT2D eigenvalue weighted by atomic mass is 15.3. The van der Waals surface area contributed by atoms with Gasteiger partial charge in [-0.25, -0.2) is 0 Å². The molecule has 3 rings (SSSR count). The van der Waals surface area contributed by atoms with Crippen LogP contribution in [-0.2, 0) is 6.54 Å². The fourth-order valence-corrected chi connectivity index (χ4v) is 3.55. The molecule has 0 amide bonds. The summed E-state index contributed by atoms with van der Waals surface area (Å²) in [6, 6.07) is 10.9. The van der Waals surface area contributed by atoms with E-state index in [1.165, 1.54) is 70.6 Å². The fraction of sp³-hybridized carbons (Fsp3) is 0.667. The highest BCUT2D eigenvalue weighted by molar-refractivity contribution is 5.14. The zero-order chi connectivity index (χ0) is 14.3. The molecule has 3 heteroatoms. The molecule has 2 heterocycles. The standard InChI is InChI=1S/C18H29N3/c1-2-5-18(6-3-1)16-21-13-11-20(12-14-21)10-8-17-7-4-9-19-15-17/h1-3,5-6,17,19H,4,7-16H2. The second-order valence-electron chi connectivity index (χ2n) is 6.60. The molecule has 2 aliphatic rings. The lowest BCUT2D eigenvalue weighted by Crippen LogP contribution is -2.46. The van der Waals surface area contributed by atoms with Gasteiger partial charge in [0.25, 0.3) is 0 Å². The summed E-state index contributed by atoms with van der Waals surface area (Å²) in [5.74, 6) is 0.918. The fourth-order valence-electron chi connectivity index (χ4n) is 3.55. The van der Waals surface area contributed by atoms with Crippen molar-refractivity contribution in [3.8, 4) is 0 Å². The van der Waals surface area contributed by atoms with Crippen LogP contribution in [0.25, 0.3) is 0 Å². The molecule has 2 saturated heterocycles. The van der Waals surface area contributed by atoms with Crippen LogP contribution < -0.4 is 5.32 Å². The minimum atomic E-state index is 0.918. The minimum absolute atomic E-state index is 0.918. The van der Waals surface area contributed by atoms with Crippen LogP contribution in [0.3, 0.4) is 0 Å².